The van der Waals surface area contributed by atoms with Crippen LogP contribution in [0.4, 0.5) is 11.4 Å². The van der Waals surface area contributed by atoms with Crippen molar-refractivity contribution in [2.75, 3.05) is 0 Å². The molecule has 8 heteroatoms. The molecule has 1 aliphatic carbocycles. The van der Waals surface area contributed by atoms with Gasteiger partial charge in [-0.05, 0) is 85.3 Å². The fourth-order valence-electron chi connectivity index (χ4n) is 2.41. The van der Waals surface area contributed by atoms with E-state index in [1.165, 1.54) is 48.6 Å². The van der Waals surface area contributed by atoms with Gasteiger partial charge in [-0.3, -0.25) is 4.79 Å². The van der Waals surface area contributed by atoms with E-state index in [-0.39, 0.29) is 15.6 Å². The Labute approximate surface area is 162 Å². The smallest absolute Gasteiger partial charge is 0.206 e. The number of hydrogen-bond donors (Lipinski definition) is 1. The first-order valence-electron chi connectivity index (χ1n) is 8.25. The van der Waals surface area contributed by atoms with Gasteiger partial charge in [0.25, 0.3) is 0 Å². The maximum Gasteiger partial charge on any atom is 0.206 e. The summed E-state index contributed by atoms with van der Waals surface area (Å²) < 4.78 is 25.3. The molecule has 0 saturated heterocycles. The zero-order valence-electron chi connectivity index (χ0n) is 14.9. The molecule has 0 fully saturated rings. The second kappa shape index (κ2) is 8.01. The first kappa shape index (κ1) is 19.2. The molecule has 2 aromatic rings. The van der Waals surface area contributed by atoms with Crippen molar-refractivity contribution in [2.24, 2.45) is 15.3 Å². The quantitative estimate of drug-likeness (QED) is 0.702. The fourth-order valence-corrected chi connectivity index (χ4v) is 3.68. The number of allylic oxidation sites excluding steroid dienone is 6. The van der Waals surface area contributed by atoms with E-state index in [9.17, 15) is 13.2 Å². The van der Waals surface area contributed by atoms with Crippen LogP contribution >= 0.6 is 0 Å². The van der Waals surface area contributed by atoms with Crippen molar-refractivity contribution in [1.29, 1.82) is 5.53 Å². The molecule has 3 rings (SSSR count). The SMILES string of the molecule is CC(N=Nc1ccc(S(=O)(=O)c2ccc(N=N)cc2)cc1)=C1C=CC(=O)C=C1. The molecule has 1 aliphatic rings. The number of nitrogens with one attached hydrogen (secondary N) is 1. The van der Waals surface area contributed by atoms with Gasteiger partial charge in [0.2, 0.25) is 9.84 Å². The largest absolute Gasteiger partial charge is 0.290 e. The van der Waals surface area contributed by atoms with Gasteiger partial charge in [0.15, 0.2) is 5.78 Å². The Morgan fingerprint density at radius 3 is 1.82 bits per heavy atom. The number of hydrogen-bond acceptors (Lipinski definition) is 7. The van der Waals surface area contributed by atoms with E-state index in [0.29, 0.717) is 17.1 Å². The van der Waals surface area contributed by atoms with Gasteiger partial charge in [0, 0.05) is 0 Å². The Balaban J connectivity index is 1.80. The van der Waals surface area contributed by atoms with Crippen molar-refractivity contribution in [3.05, 3.63) is 84.1 Å². The molecule has 0 heterocycles. The molecule has 0 atom stereocenters. The Morgan fingerprint density at radius 2 is 1.32 bits per heavy atom. The third-order valence-corrected chi connectivity index (χ3v) is 5.80. The van der Waals surface area contributed by atoms with Crippen LogP contribution in [0.3, 0.4) is 0 Å². The molecule has 2 aromatic carbocycles. The van der Waals surface area contributed by atoms with E-state index in [2.05, 4.69) is 15.3 Å². The average Bonchev–Trinajstić information content (AvgIpc) is 2.73. The lowest BCUT2D eigenvalue weighted by atomic mass is 10.1. The number of azo groups is 1. The van der Waals surface area contributed by atoms with Gasteiger partial charge in [-0.1, -0.05) is 0 Å². The molecule has 0 radical (unpaired) electrons. The molecule has 0 aromatic heterocycles. The summed E-state index contributed by atoms with van der Waals surface area (Å²) in [7, 11) is -3.67. The summed E-state index contributed by atoms with van der Waals surface area (Å²) in [5.74, 6) is -0.0750. The molecule has 0 amide bonds. The minimum Gasteiger partial charge on any atom is -0.290 e. The second-order valence-corrected chi connectivity index (χ2v) is 7.86. The van der Waals surface area contributed by atoms with Crippen molar-refractivity contribution in [3.63, 3.8) is 0 Å². The molecular weight excluding hydrogens is 376 g/mol. The highest BCUT2D eigenvalue weighted by Gasteiger charge is 2.17. The van der Waals surface area contributed by atoms with Gasteiger partial charge in [-0.15, -0.1) is 0 Å². The van der Waals surface area contributed by atoms with Crippen molar-refractivity contribution >= 4 is 27.0 Å². The van der Waals surface area contributed by atoms with Gasteiger partial charge in [-0.25, -0.2) is 13.9 Å². The Kier molecular flexibility index (Phi) is 5.51. The molecule has 0 unspecified atom stereocenters. The molecule has 0 saturated carbocycles. The number of sulfone groups is 1. The number of nitrogens with zero attached hydrogens (tertiary/aromatic N) is 3. The standard InChI is InChI=1S/C20H16N4O3S/c1-14(15-2-8-18(25)9-3-15)23-24-17-6-12-20(13-7-17)28(26,27)19-10-4-16(22-21)5-11-19/h2-13,21H,1H3. The van der Waals surface area contributed by atoms with Crippen molar-refractivity contribution < 1.29 is 13.2 Å². The lowest BCUT2D eigenvalue weighted by Gasteiger charge is -2.05. The maximum atomic E-state index is 12.7. The Morgan fingerprint density at radius 1 is 0.821 bits per heavy atom. The molecular formula is C20H16N4O3S. The van der Waals surface area contributed by atoms with Gasteiger partial charge >= 0.3 is 0 Å². The van der Waals surface area contributed by atoms with Gasteiger partial charge in [0.05, 0.1) is 26.9 Å². The normalized spacial score (nSPS) is 13.9. The van der Waals surface area contributed by atoms with E-state index < -0.39 is 9.84 Å². The van der Waals surface area contributed by atoms with Gasteiger partial charge < -0.3 is 0 Å². The third-order valence-electron chi connectivity index (χ3n) is 4.01. The van der Waals surface area contributed by atoms with E-state index >= 15 is 0 Å². The number of rotatable bonds is 5. The number of benzene rings is 2. The first-order chi connectivity index (χ1) is 13.4. The van der Waals surface area contributed by atoms with Crippen LogP contribution in [0.5, 0.6) is 0 Å². The summed E-state index contributed by atoms with van der Waals surface area (Å²) in [4.78, 5) is 11.4. The summed E-state index contributed by atoms with van der Waals surface area (Å²) in [6.07, 6.45) is 6.26. The average molecular weight is 392 g/mol. The number of ketones is 1. The van der Waals surface area contributed by atoms with Crippen molar-refractivity contribution in [2.45, 2.75) is 16.7 Å². The summed E-state index contributed by atoms with van der Waals surface area (Å²) in [5.41, 5.74) is 9.23. The van der Waals surface area contributed by atoms with E-state index in [1.807, 2.05) is 0 Å². The third kappa shape index (κ3) is 4.24. The van der Waals surface area contributed by atoms with Crippen LogP contribution in [0.2, 0.25) is 0 Å². The summed E-state index contributed by atoms with van der Waals surface area (Å²) in [5, 5.41) is 11.5. The maximum absolute atomic E-state index is 12.7. The predicted octanol–water partition coefficient (Wildman–Crippen LogP) is 5.23. The first-order valence-corrected chi connectivity index (χ1v) is 9.74. The minimum absolute atomic E-state index is 0.0750. The van der Waals surface area contributed by atoms with E-state index in [1.54, 1.807) is 31.2 Å². The summed E-state index contributed by atoms with van der Waals surface area (Å²) in [6, 6.07) is 11.8. The Bertz CT molecular complexity index is 1120. The molecule has 0 spiro atoms. The zero-order valence-corrected chi connectivity index (χ0v) is 15.7. The zero-order chi connectivity index (χ0) is 20.1. The molecule has 28 heavy (non-hydrogen) atoms. The van der Waals surface area contributed by atoms with Crippen LogP contribution < -0.4 is 0 Å². The molecule has 140 valence electrons. The summed E-state index contributed by atoms with van der Waals surface area (Å²) >= 11 is 0. The van der Waals surface area contributed by atoms with Crippen LogP contribution in [-0.4, -0.2) is 14.2 Å². The molecule has 1 N–H and O–H groups in total. The number of carbonyl (C=O) groups is 1. The van der Waals surface area contributed by atoms with Crippen molar-refractivity contribution in [3.8, 4) is 0 Å². The van der Waals surface area contributed by atoms with E-state index in [0.717, 1.165) is 5.57 Å². The highest BCUT2D eigenvalue weighted by molar-refractivity contribution is 7.91. The van der Waals surface area contributed by atoms with Crippen LogP contribution in [-0.2, 0) is 14.6 Å². The number of carbonyl (C=O) groups excluding carboxylic acids is 1. The minimum atomic E-state index is -3.67. The van der Waals surface area contributed by atoms with Crippen LogP contribution in [0.25, 0.3) is 0 Å². The van der Waals surface area contributed by atoms with Gasteiger partial charge in [-0.2, -0.15) is 15.3 Å². The van der Waals surface area contributed by atoms with Crippen LogP contribution in [0.15, 0.2) is 109 Å². The monoisotopic (exact) mass is 392 g/mol. The molecule has 0 bridgehead atoms. The summed E-state index contributed by atoms with van der Waals surface area (Å²) in [6.45, 7) is 1.77. The Hall–Kier alpha value is -3.52. The van der Waals surface area contributed by atoms with Crippen LogP contribution in [0, 0.1) is 5.53 Å². The van der Waals surface area contributed by atoms with E-state index in [4.69, 9.17) is 5.53 Å². The van der Waals surface area contributed by atoms with Crippen molar-refractivity contribution in [1.82, 2.24) is 0 Å². The predicted molar refractivity (Wildman–Crippen MR) is 104 cm³/mol. The van der Waals surface area contributed by atoms with Crippen LogP contribution in [0.1, 0.15) is 6.92 Å². The molecule has 7 nitrogen and oxygen atoms in total. The lowest BCUT2D eigenvalue weighted by Crippen LogP contribution is -2.01. The fraction of sp³-hybridized carbons (Fsp3) is 0.0500. The lowest BCUT2D eigenvalue weighted by molar-refractivity contribution is -0.110. The van der Waals surface area contributed by atoms with Gasteiger partial charge in [0.1, 0.15) is 0 Å². The second-order valence-electron chi connectivity index (χ2n) is 5.91. The highest BCUT2D eigenvalue weighted by Crippen LogP contribution is 2.25. The highest BCUT2D eigenvalue weighted by atomic mass is 32.2. The molecule has 0 aliphatic heterocycles. The topological polar surface area (TPSA) is 112 Å².